The van der Waals surface area contributed by atoms with Crippen LogP contribution in [0, 0.1) is 11.8 Å². The van der Waals surface area contributed by atoms with Crippen molar-refractivity contribution in [2.75, 3.05) is 6.18 Å². The van der Waals surface area contributed by atoms with E-state index in [-0.39, 0.29) is 10.3 Å². The molecule has 0 radical (unpaired) electrons. The molecule has 1 aromatic carbocycles. The van der Waals surface area contributed by atoms with E-state index in [2.05, 4.69) is 16.8 Å². The number of aryl methyl sites for hydroxylation is 1. The summed E-state index contributed by atoms with van der Waals surface area (Å²) in [6.07, 6.45) is -3.68. The van der Waals surface area contributed by atoms with Crippen LogP contribution in [0.15, 0.2) is 39.0 Å². The summed E-state index contributed by atoms with van der Waals surface area (Å²) < 4.78 is 71.3. The smallest absolute Gasteiger partial charge is 0.333 e. The Balaban J connectivity index is 2.38. The van der Waals surface area contributed by atoms with Gasteiger partial charge in [-0.15, -0.1) is 0 Å². The predicted octanol–water partition coefficient (Wildman–Crippen LogP) is -0.405. The highest BCUT2D eigenvalue weighted by atomic mass is 32.2. The van der Waals surface area contributed by atoms with Gasteiger partial charge in [0.1, 0.15) is 5.75 Å². The maximum Gasteiger partial charge on any atom is 0.333 e. The fourth-order valence-corrected chi connectivity index (χ4v) is 2.95. The van der Waals surface area contributed by atoms with Crippen LogP contribution in [-0.4, -0.2) is 38.4 Å². The van der Waals surface area contributed by atoms with E-state index in [4.69, 9.17) is 8.22 Å². The highest BCUT2D eigenvalue weighted by Gasteiger charge is 2.23. The second kappa shape index (κ2) is 6.44. The van der Waals surface area contributed by atoms with Gasteiger partial charge in [0.05, 0.1) is 6.54 Å². The third-order valence-corrected chi connectivity index (χ3v) is 4.42. The molecule has 10 heteroatoms. The Morgan fingerprint density at radius 2 is 2.07 bits per heavy atom. The molecular formula is C17H16N4O5S. The Kier molecular flexibility index (Phi) is 2.90. The van der Waals surface area contributed by atoms with Crippen LogP contribution in [0.5, 0.6) is 5.75 Å². The zero-order valence-electron chi connectivity index (χ0n) is 19.8. The van der Waals surface area contributed by atoms with Crippen LogP contribution in [0.1, 0.15) is 13.8 Å². The Morgan fingerprint density at radius 3 is 2.74 bits per heavy atom. The standard InChI is InChI=1S/C17H16N4O5S/c1-19-13-14(18-16(19)27(3,25)26)21(17(24)20(2)15(13)23)9-5-7-11-6-4-8-12(22)10-11/h4,6,8,10,22H,9H2,1-3H3/i1D3,3D3. The molecule has 0 aliphatic carbocycles. The summed E-state index contributed by atoms with van der Waals surface area (Å²) in [5.41, 5.74) is -3.22. The minimum absolute atomic E-state index is 0.0327. The normalized spacial score (nSPS) is 15.6. The first-order valence-electron chi connectivity index (χ1n) is 10.3. The predicted molar refractivity (Wildman–Crippen MR) is 98.3 cm³/mol. The summed E-state index contributed by atoms with van der Waals surface area (Å²) >= 11 is 0. The van der Waals surface area contributed by atoms with Crippen LogP contribution in [-0.2, 0) is 30.4 Å². The van der Waals surface area contributed by atoms with Gasteiger partial charge >= 0.3 is 5.69 Å². The number of imidazole rings is 1. The Hall–Kier alpha value is -3.32. The van der Waals surface area contributed by atoms with E-state index in [0.717, 1.165) is 11.6 Å². The van der Waals surface area contributed by atoms with Gasteiger partial charge in [-0.25, -0.2) is 13.2 Å². The molecule has 0 bridgehead atoms. The molecule has 1 N–H and O–H groups in total. The van der Waals surface area contributed by atoms with Gasteiger partial charge in [0.25, 0.3) is 5.56 Å². The summed E-state index contributed by atoms with van der Waals surface area (Å²) in [5.74, 6) is 5.20. The lowest BCUT2D eigenvalue weighted by Gasteiger charge is -2.05. The zero-order valence-corrected chi connectivity index (χ0v) is 14.6. The fraction of sp³-hybridized carbons (Fsp3) is 0.235. The number of hydrogen-bond acceptors (Lipinski definition) is 6. The van der Waals surface area contributed by atoms with Crippen molar-refractivity contribution in [1.82, 2.24) is 18.7 Å². The second-order valence-electron chi connectivity index (χ2n) is 5.49. The highest BCUT2D eigenvalue weighted by molar-refractivity contribution is 7.90. The summed E-state index contributed by atoms with van der Waals surface area (Å²) in [6.45, 7) is -3.77. The molecule has 140 valence electrons. The Bertz CT molecular complexity index is 1550. The van der Waals surface area contributed by atoms with Gasteiger partial charge in [-0.3, -0.25) is 13.9 Å². The molecule has 9 nitrogen and oxygen atoms in total. The minimum atomic E-state index is -5.32. The number of fused-ring (bicyclic) bond motifs is 1. The third kappa shape index (κ3) is 3.24. The average molecular weight is 394 g/mol. The van der Waals surface area contributed by atoms with Gasteiger partial charge in [-0.1, -0.05) is 17.9 Å². The quantitative estimate of drug-likeness (QED) is 0.591. The molecule has 0 aliphatic rings. The van der Waals surface area contributed by atoms with Crippen molar-refractivity contribution in [2.24, 2.45) is 14.0 Å². The molecule has 27 heavy (non-hydrogen) atoms. The van der Waals surface area contributed by atoms with E-state index in [1.807, 2.05) is 0 Å². The maximum atomic E-state index is 12.7. The van der Waals surface area contributed by atoms with Crippen LogP contribution >= 0.6 is 0 Å². The van der Waals surface area contributed by atoms with Gasteiger partial charge in [0.2, 0.25) is 15.0 Å². The summed E-state index contributed by atoms with van der Waals surface area (Å²) in [5, 5.41) is 8.11. The first-order chi connectivity index (χ1) is 15.1. The van der Waals surface area contributed by atoms with E-state index in [0.29, 0.717) is 10.1 Å². The van der Waals surface area contributed by atoms with E-state index in [1.165, 1.54) is 18.2 Å². The van der Waals surface area contributed by atoms with Crippen LogP contribution in [0.2, 0.25) is 0 Å². The molecule has 3 aromatic rings. The van der Waals surface area contributed by atoms with E-state index < -0.39 is 57.1 Å². The molecule has 3 rings (SSSR count). The lowest BCUT2D eigenvalue weighted by molar-refractivity contribution is 0.475. The molecule has 0 saturated carbocycles. The molecule has 0 amide bonds. The molecule has 0 atom stereocenters. The average Bonchev–Trinajstić information content (AvgIpc) is 3.10. The SMILES string of the molecule is [2H]C([2H])([2H])n1c(S(=O)(=O)C([2H])([2H])[2H])nc2c1c(=O)n(C)c(=O)n2CC#Cc1cccc(O)c1. The molecule has 0 saturated heterocycles. The van der Waals surface area contributed by atoms with Crippen LogP contribution in [0.25, 0.3) is 11.2 Å². The number of nitrogens with zero attached hydrogens (tertiary/aromatic N) is 4. The number of aromatic nitrogens is 4. The summed E-state index contributed by atoms with van der Waals surface area (Å²) in [7, 11) is -4.28. The van der Waals surface area contributed by atoms with Crippen molar-refractivity contribution in [3.05, 3.63) is 50.7 Å². The van der Waals surface area contributed by atoms with Gasteiger partial charge in [-0.05, 0) is 18.2 Å². The Labute approximate surface area is 162 Å². The molecule has 0 unspecified atom stereocenters. The number of phenols is 1. The van der Waals surface area contributed by atoms with Crippen molar-refractivity contribution < 1.29 is 21.7 Å². The topological polar surface area (TPSA) is 116 Å². The number of rotatable bonds is 2. The van der Waals surface area contributed by atoms with Crippen molar-refractivity contribution in [1.29, 1.82) is 0 Å². The van der Waals surface area contributed by atoms with Gasteiger partial charge in [-0.2, -0.15) is 4.98 Å². The van der Waals surface area contributed by atoms with Crippen molar-refractivity contribution >= 4 is 21.0 Å². The lowest BCUT2D eigenvalue weighted by Crippen LogP contribution is -2.38. The number of hydrogen-bond donors (Lipinski definition) is 1. The largest absolute Gasteiger partial charge is 0.508 e. The van der Waals surface area contributed by atoms with Gasteiger partial charge in [0.15, 0.2) is 11.2 Å². The second-order valence-corrected chi connectivity index (χ2v) is 6.86. The van der Waals surface area contributed by atoms with Gasteiger partial charge < -0.3 is 9.67 Å². The molecule has 0 fully saturated rings. The zero-order chi connectivity index (χ0) is 24.9. The Morgan fingerprint density at radius 1 is 1.30 bits per heavy atom. The third-order valence-electron chi connectivity index (χ3n) is 3.67. The van der Waals surface area contributed by atoms with Crippen LogP contribution in [0.3, 0.4) is 0 Å². The molecule has 0 spiro atoms. The van der Waals surface area contributed by atoms with E-state index in [1.54, 1.807) is 6.07 Å². The number of aromatic hydroxyl groups is 1. The first-order valence-corrected chi connectivity index (χ1v) is 8.81. The van der Waals surface area contributed by atoms with Crippen molar-refractivity contribution in [3.63, 3.8) is 0 Å². The van der Waals surface area contributed by atoms with Crippen LogP contribution in [0.4, 0.5) is 0 Å². The first kappa shape index (κ1) is 12.1. The maximum absolute atomic E-state index is 12.7. The van der Waals surface area contributed by atoms with Crippen molar-refractivity contribution in [3.8, 4) is 17.6 Å². The number of benzene rings is 1. The van der Waals surface area contributed by atoms with Gasteiger partial charge in [0, 0.05) is 34.0 Å². The highest BCUT2D eigenvalue weighted by Crippen LogP contribution is 2.14. The number of phenolic OH excluding ortho intramolecular Hbond substituents is 1. The molecule has 2 aromatic heterocycles. The molecular weight excluding hydrogens is 372 g/mol. The van der Waals surface area contributed by atoms with E-state index in [9.17, 15) is 23.1 Å². The van der Waals surface area contributed by atoms with Crippen LogP contribution < -0.4 is 11.2 Å². The minimum Gasteiger partial charge on any atom is -0.508 e. The van der Waals surface area contributed by atoms with E-state index >= 15 is 0 Å². The number of sulfone groups is 1. The molecule has 2 heterocycles. The molecule has 0 aliphatic heterocycles. The summed E-state index contributed by atoms with van der Waals surface area (Å²) in [4.78, 5) is 29.0. The fourth-order valence-electron chi connectivity index (χ4n) is 2.41. The lowest BCUT2D eigenvalue weighted by atomic mass is 10.2. The monoisotopic (exact) mass is 394 g/mol. The summed E-state index contributed by atoms with van der Waals surface area (Å²) in [6, 6.07) is 5.85. The van der Waals surface area contributed by atoms with Crippen molar-refractivity contribution in [2.45, 2.75) is 11.7 Å².